The van der Waals surface area contributed by atoms with Crippen molar-refractivity contribution >= 4 is 11.6 Å². The van der Waals surface area contributed by atoms with Crippen molar-refractivity contribution in [1.29, 1.82) is 0 Å². The van der Waals surface area contributed by atoms with Crippen LogP contribution in [0, 0.1) is 12.8 Å². The molecule has 4 nitrogen and oxygen atoms in total. The van der Waals surface area contributed by atoms with Crippen molar-refractivity contribution in [2.24, 2.45) is 5.92 Å². The molecule has 5 heteroatoms. The van der Waals surface area contributed by atoms with Crippen molar-refractivity contribution in [3.8, 4) is 0 Å². The van der Waals surface area contributed by atoms with E-state index in [1.165, 1.54) is 18.5 Å². The molecular weight excluding hydrogens is 260 g/mol. The fourth-order valence-corrected chi connectivity index (χ4v) is 3.06. The van der Waals surface area contributed by atoms with Crippen LogP contribution in [0.2, 0.25) is 5.02 Å². The highest BCUT2D eigenvalue weighted by Gasteiger charge is 2.21. The van der Waals surface area contributed by atoms with Gasteiger partial charge < -0.3 is 5.32 Å². The topological polar surface area (TPSA) is 33.1 Å². The zero-order chi connectivity index (χ0) is 13.8. The van der Waals surface area contributed by atoms with Gasteiger partial charge in [-0.2, -0.15) is 5.10 Å². The number of rotatable bonds is 5. The van der Waals surface area contributed by atoms with Crippen molar-refractivity contribution in [3.05, 3.63) is 16.4 Å². The highest BCUT2D eigenvalue weighted by atomic mass is 35.5. The Balaban J connectivity index is 1.95. The van der Waals surface area contributed by atoms with Gasteiger partial charge in [0.15, 0.2) is 0 Å². The molecule has 2 rings (SSSR count). The lowest BCUT2D eigenvalue weighted by molar-refractivity contribution is 0.173. The predicted molar refractivity (Wildman–Crippen MR) is 79.6 cm³/mol. The largest absolute Gasteiger partial charge is 0.319 e. The van der Waals surface area contributed by atoms with E-state index in [9.17, 15) is 0 Å². The summed E-state index contributed by atoms with van der Waals surface area (Å²) < 4.78 is 2.04. The van der Waals surface area contributed by atoms with Crippen LogP contribution in [0.25, 0.3) is 0 Å². The first-order valence-corrected chi connectivity index (χ1v) is 7.62. The van der Waals surface area contributed by atoms with E-state index in [0.29, 0.717) is 0 Å². The number of nitrogens with one attached hydrogen (secondary N) is 1. The maximum atomic E-state index is 6.37. The van der Waals surface area contributed by atoms with E-state index in [4.69, 9.17) is 11.6 Å². The normalized spacial score (nSPS) is 18.1. The molecule has 0 amide bonds. The van der Waals surface area contributed by atoms with Crippen molar-refractivity contribution in [2.45, 2.75) is 39.8 Å². The number of piperidine rings is 1. The number of halogens is 1. The van der Waals surface area contributed by atoms with Gasteiger partial charge in [0.05, 0.1) is 16.4 Å². The van der Waals surface area contributed by atoms with Gasteiger partial charge in [-0.1, -0.05) is 11.6 Å². The fraction of sp³-hybridized carbons (Fsp3) is 0.786. The Morgan fingerprint density at radius 3 is 2.63 bits per heavy atom. The molecule has 0 aliphatic carbocycles. The van der Waals surface area contributed by atoms with Crippen LogP contribution in [-0.2, 0) is 13.1 Å². The van der Waals surface area contributed by atoms with Crippen LogP contribution >= 0.6 is 11.6 Å². The summed E-state index contributed by atoms with van der Waals surface area (Å²) in [5, 5.41) is 8.61. The van der Waals surface area contributed by atoms with Crippen LogP contribution in [0.4, 0.5) is 0 Å². The van der Waals surface area contributed by atoms with Gasteiger partial charge in [-0.3, -0.25) is 9.58 Å². The van der Waals surface area contributed by atoms with Crippen LogP contribution in [0.5, 0.6) is 0 Å². The number of hydrogen-bond acceptors (Lipinski definition) is 3. The molecule has 1 saturated heterocycles. The second-order valence-corrected chi connectivity index (χ2v) is 5.82. The molecule has 0 bridgehead atoms. The van der Waals surface area contributed by atoms with Gasteiger partial charge in [0.1, 0.15) is 0 Å². The second kappa shape index (κ2) is 6.73. The van der Waals surface area contributed by atoms with Gasteiger partial charge in [0.2, 0.25) is 0 Å². The zero-order valence-corrected chi connectivity index (χ0v) is 13.0. The minimum Gasteiger partial charge on any atom is -0.319 e. The Labute approximate surface area is 121 Å². The van der Waals surface area contributed by atoms with Crippen LogP contribution < -0.4 is 5.32 Å². The minimum atomic E-state index is 0.828. The van der Waals surface area contributed by atoms with Crippen molar-refractivity contribution in [1.82, 2.24) is 20.0 Å². The molecule has 0 atom stereocenters. The Morgan fingerprint density at radius 2 is 2.05 bits per heavy atom. The predicted octanol–water partition coefficient (Wildman–Crippen LogP) is 2.30. The lowest BCUT2D eigenvalue weighted by Gasteiger charge is -2.31. The molecule has 1 aromatic heterocycles. The summed E-state index contributed by atoms with van der Waals surface area (Å²) in [5.41, 5.74) is 2.12. The Kier molecular flexibility index (Phi) is 5.25. The Bertz CT molecular complexity index is 408. The average molecular weight is 285 g/mol. The number of aryl methyl sites for hydroxylation is 2. The molecule has 19 heavy (non-hydrogen) atoms. The van der Waals surface area contributed by atoms with E-state index >= 15 is 0 Å². The first-order chi connectivity index (χ1) is 9.15. The number of nitrogens with zero attached hydrogens (tertiary/aromatic N) is 3. The summed E-state index contributed by atoms with van der Waals surface area (Å²) >= 11 is 6.37. The molecule has 0 saturated carbocycles. The molecule has 0 spiro atoms. The van der Waals surface area contributed by atoms with Crippen LogP contribution in [0.3, 0.4) is 0 Å². The number of likely N-dealkylation sites (tertiary alicyclic amines) is 1. The van der Waals surface area contributed by atoms with Gasteiger partial charge in [-0.25, -0.2) is 0 Å². The number of hydrogen-bond donors (Lipinski definition) is 1. The van der Waals surface area contributed by atoms with Crippen molar-refractivity contribution < 1.29 is 0 Å². The summed E-state index contributed by atoms with van der Waals surface area (Å²) in [6, 6.07) is 0. The SMILES string of the molecule is CCn1nc(C)c(Cl)c1CN1CCC(CNC)CC1. The summed E-state index contributed by atoms with van der Waals surface area (Å²) in [4.78, 5) is 2.50. The van der Waals surface area contributed by atoms with E-state index in [2.05, 4.69) is 22.2 Å². The molecule has 0 radical (unpaired) electrons. The van der Waals surface area contributed by atoms with Crippen molar-refractivity contribution in [3.63, 3.8) is 0 Å². The third-order valence-electron chi connectivity index (χ3n) is 4.03. The van der Waals surface area contributed by atoms with Gasteiger partial charge in [0, 0.05) is 13.1 Å². The monoisotopic (exact) mass is 284 g/mol. The van der Waals surface area contributed by atoms with E-state index < -0.39 is 0 Å². The first-order valence-electron chi connectivity index (χ1n) is 7.24. The Hall–Kier alpha value is -0.580. The summed E-state index contributed by atoms with van der Waals surface area (Å²) in [5.74, 6) is 0.828. The van der Waals surface area contributed by atoms with Gasteiger partial charge >= 0.3 is 0 Å². The third-order valence-corrected chi connectivity index (χ3v) is 4.52. The minimum absolute atomic E-state index is 0.828. The molecule has 108 valence electrons. The molecule has 0 aromatic carbocycles. The third kappa shape index (κ3) is 3.50. The maximum absolute atomic E-state index is 6.37. The van der Waals surface area contributed by atoms with Gasteiger partial charge in [-0.15, -0.1) is 0 Å². The molecule has 1 fully saturated rings. The molecule has 1 aliphatic rings. The van der Waals surface area contributed by atoms with Crippen LogP contribution in [0.15, 0.2) is 0 Å². The fourth-order valence-electron chi connectivity index (χ4n) is 2.87. The quantitative estimate of drug-likeness (QED) is 0.901. The van der Waals surface area contributed by atoms with E-state index in [0.717, 1.165) is 49.4 Å². The standard InChI is InChI=1S/C14H25ClN4/c1-4-19-13(14(15)11(2)17-19)10-18-7-5-12(6-8-18)9-16-3/h12,16H,4-10H2,1-3H3. The van der Waals surface area contributed by atoms with Gasteiger partial charge in [0.25, 0.3) is 0 Å². The number of aromatic nitrogens is 2. The molecule has 1 aromatic rings. The smallest absolute Gasteiger partial charge is 0.0860 e. The zero-order valence-electron chi connectivity index (χ0n) is 12.2. The van der Waals surface area contributed by atoms with E-state index in [-0.39, 0.29) is 0 Å². The van der Waals surface area contributed by atoms with Crippen molar-refractivity contribution in [2.75, 3.05) is 26.7 Å². The molecule has 0 unspecified atom stereocenters. The Morgan fingerprint density at radius 1 is 1.37 bits per heavy atom. The lowest BCUT2D eigenvalue weighted by atomic mass is 9.97. The van der Waals surface area contributed by atoms with Crippen LogP contribution in [-0.4, -0.2) is 41.4 Å². The molecule has 1 N–H and O–H groups in total. The molecule has 1 aliphatic heterocycles. The van der Waals surface area contributed by atoms with Crippen LogP contribution in [0.1, 0.15) is 31.2 Å². The van der Waals surface area contributed by atoms with Gasteiger partial charge in [-0.05, 0) is 59.3 Å². The van der Waals surface area contributed by atoms with E-state index in [1.54, 1.807) is 0 Å². The second-order valence-electron chi connectivity index (χ2n) is 5.44. The first kappa shape index (κ1) is 14.8. The average Bonchev–Trinajstić information content (AvgIpc) is 2.69. The molecule has 2 heterocycles. The lowest BCUT2D eigenvalue weighted by Crippen LogP contribution is -2.36. The maximum Gasteiger partial charge on any atom is 0.0860 e. The summed E-state index contributed by atoms with van der Waals surface area (Å²) in [6.07, 6.45) is 2.55. The highest BCUT2D eigenvalue weighted by Crippen LogP contribution is 2.24. The molecular formula is C14H25ClN4. The van der Waals surface area contributed by atoms with E-state index in [1.807, 2.05) is 18.7 Å². The summed E-state index contributed by atoms with van der Waals surface area (Å²) in [6.45, 7) is 9.38. The summed E-state index contributed by atoms with van der Waals surface area (Å²) in [7, 11) is 2.04. The highest BCUT2D eigenvalue weighted by molar-refractivity contribution is 6.31.